The number of benzene rings is 2. The van der Waals surface area contributed by atoms with Crippen LogP contribution < -0.4 is 10.2 Å². The van der Waals surface area contributed by atoms with Crippen LogP contribution in [-0.2, 0) is 4.74 Å². The van der Waals surface area contributed by atoms with Crippen molar-refractivity contribution in [1.82, 2.24) is 10.3 Å². The number of hydrogen-bond donors (Lipinski definition) is 2. The molecule has 2 N–H and O–H groups in total. The number of aromatic amines is 1. The maximum Gasteiger partial charge on any atom is 0.269 e. The molecule has 1 saturated heterocycles. The molecule has 0 radical (unpaired) electrons. The Kier molecular flexibility index (Phi) is 5.05. The Morgan fingerprint density at radius 3 is 2.56 bits per heavy atom. The number of hydrogen-bond acceptors (Lipinski definition) is 3. The number of ether oxygens (including phenoxy) is 1. The first-order valence-corrected chi connectivity index (χ1v) is 9.51. The number of carbonyl (C=O) groups excluding carboxylic acids is 1. The molecular formula is C21H22ClN3O2. The number of nitrogens with one attached hydrogen (secondary N) is 2. The lowest BCUT2D eigenvalue weighted by Gasteiger charge is -2.29. The van der Waals surface area contributed by atoms with E-state index in [2.05, 4.69) is 39.5 Å². The molecule has 1 amide bonds. The number of carbonyl (C=O) groups is 1. The van der Waals surface area contributed by atoms with Crippen LogP contribution in [-0.4, -0.2) is 37.2 Å². The number of anilines is 1. The third-order valence-corrected chi connectivity index (χ3v) is 5.38. The van der Waals surface area contributed by atoms with Gasteiger partial charge in [-0.15, -0.1) is 0 Å². The van der Waals surface area contributed by atoms with Crippen LogP contribution in [0, 0.1) is 0 Å². The molecule has 1 atom stereocenters. The molecule has 6 heteroatoms. The number of halogens is 1. The fraction of sp³-hybridized carbons (Fsp3) is 0.286. The largest absolute Gasteiger partial charge is 0.378 e. The van der Waals surface area contributed by atoms with Crippen LogP contribution in [0.15, 0.2) is 48.5 Å². The number of H-pyrrole nitrogens is 1. The van der Waals surface area contributed by atoms with E-state index < -0.39 is 0 Å². The van der Waals surface area contributed by atoms with Crippen LogP contribution in [0.2, 0.25) is 5.02 Å². The zero-order valence-electron chi connectivity index (χ0n) is 15.2. The summed E-state index contributed by atoms with van der Waals surface area (Å²) in [5.41, 5.74) is 3.48. The number of aromatic nitrogens is 1. The molecule has 2 heterocycles. The highest BCUT2D eigenvalue weighted by molar-refractivity contribution is 6.38. The summed E-state index contributed by atoms with van der Waals surface area (Å²) in [6, 6.07) is 15.8. The van der Waals surface area contributed by atoms with Gasteiger partial charge < -0.3 is 19.9 Å². The molecule has 5 nitrogen and oxygen atoms in total. The Balaban J connectivity index is 1.47. The second-order valence-corrected chi connectivity index (χ2v) is 7.12. The number of nitrogens with zero attached hydrogens (tertiary/aromatic N) is 1. The highest BCUT2D eigenvalue weighted by atomic mass is 35.5. The molecule has 2 aromatic carbocycles. The molecule has 1 aromatic heterocycles. The summed E-state index contributed by atoms with van der Waals surface area (Å²) < 4.78 is 5.40. The zero-order chi connectivity index (χ0) is 18.8. The average Bonchev–Trinajstić information content (AvgIpc) is 3.06. The minimum Gasteiger partial charge on any atom is -0.378 e. The van der Waals surface area contributed by atoms with Gasteiger partial charge in [0.05, 0.1) is 24.3 Å². The molecule has 1 aliphatic heterocycles. The quantitative estimate of drug-likeness (QED) is 0.711. The predicted octanol–water partition coefficient (Wildman–Crippen LogP) is 4.15. The van der Waals surface area contributed by atoms with Gasteiger partial charge in [-0.2, -0.15) is 0 Å². The van der Waals surface area contributed by atoms with Gasteiger partial charge in [0.25, 0.3) is 5.91 Å². The lowest BCUT2D eigenvalue weighted by atomic mass is 10.1. The normalized spacial score (nSPS) is 15.7. The minimum atomic E-state index is -0.207. The highest BCUT2D eigenvalue weighted by Crippen LogP contribution is 2.28. The molecule has 0 aliphatic carbocycles. The number of rotatable bonds is 4. The predicted molar refractivity (Wildman–Crippen MR) is 109 cm³/mol. The first-order valence-electron chi connectivity index (χ1n) is 9.13. The van der Waals surface area contributed by atoms with Gasteiger partial charge in [-0.1, -0.05) is 41.9 Å². The zero-order valence-corrected chi connectivity index (χ0v) is 15.9. The molecule has 0 bridgehead atoms. The monoisotopic (exact) mass is 383 g/mol. The van der Waals surface area contributed by atoms with E-state index in [9.17, 15) is 4.79 Å². The summed E-state index contributed by atoms with van der Waals surface area (Å²) >= 11 is 6.38. The van der Waals surface area contributed by atoms with Gasteiger partial charge >= 0.3 is 0 Å². The number of morpholine rings is 1. The van der Waals surface area contributed by atoms with Crippen molar-refractivity contribution in [3.8, 4) is 0 Å². The van der Waals surface area contributed by atoms with E-state index in [4.69, 9.17) is 16.3 Å². The fourth-order valence-corrected chi connectivity index (χ4v) is 3.71. The van der Waals surface area contributed by atoms with Crippen molar-refractivity contribution in [2.75, 3.05) is 31.2 Å². The Bertz CT molecular complexity index is 946. The van der Waals surface area contributed by atoms with Crippen LogP contribution in [0.3, 0.4) is 0 Å². The molecule has 1 aliphatic rings. The van der Waals surface area contributed by atoms with Gasteiger partial charge in [0.15, 0.2) is 0 Å². The third-order valence-electron chi connectivity index (χ3n) is 4.99. The number of para-hydroxylation sites is 1. The van der Waals surface area contributed by atoms with Crippen LogP contribution in [0.5, 0.6) is 0 Å². The molecule has 0 saturated carbocycles. The van der Waals surface area contributed by atoms with Crippen LogP contribution in [0.25, 0.3) is 10.9 Å². The second-order valence-electron chi connectivity index (χ2n) is 6.75. The molecule has 1 fully saturated rings. The standard InChI is InChI=1S/C21H22ClN3O2/c1-14(15-6-8-16(9-7-15)25-10-12-27-13-11-25)23-21(26)20-19(22)17-4-2-3-5-18(17)24-20/h2-9,14,24H,10-13H2,1H3,(H,23,26). The van der Waals surface area contributed by atoms with Crippen LogP contribution in [0.1, 0.15) is 29.0 Å². The third kappa shape index (κ3) is 3.66. The summed E-state index contributed by atoms with van der Waals surface area (Å²) in [7, 11) is 0. The summed E-state index contributed by atoms with van der Waals surface area (Å²) in [5.74, 6) is -0.207. The van der Waals surface area contributed by atoms with E-state index in [1.54, 1.807) is 0 Å². The van der Waals surface area contributed by atoms with Gasteiger partial charge in [-0.25, -0.2) is 0 Å². The van der Waals surface area contributed by atoms with Crippen LogP contribution >= 0.6 is 11.6 Å². The molecule has 4 rings (SSSR count). The van der Waals surface area contributed by atoms with Crippen molar-refractivity contribution in [3.63, 3.8) is 0 Å². The van der Waals surface area contributed by atoms with Gasteiger partial charge in [0.2, 0.25) is 0 Å². The lowest BCUT2D eigenvalue weighted by molar-refractivity contribution is 0.0936. The van der Waals surface area contributed by atoms with E-state index in [1.165, 1.54) is 5.69 Å². The molecule has 0 spiro atoms. The van der Waals surface area contributed by atoms with Crippen molar-refractivity contribution < 1.29 is 9.53 Å². The SMILES string of the molecule is CC(NC(=O)c1[nH]c2ccccc2c1Cl)c1ccc(N2CCOCC2)cc1. The van der Waals surface area contributed by atoms with Gasteiger partial charge in [-0.3, -0.25) is 4.79 Å². The van der Waals surface area contributed by atoms with Crippen molar-refractivity contribution >= 4 is 34.1 Å². The van der Waals surface area contributed by atoms with E-state index >= 15 is 0 Å². The van der Waals surface area contributed by atoms with Crippen LogP contribution in [0.4, 0.5) is 5.69 Å². The Morgan fingerprint density at radius 2 is 1.85 bits per heavy atom. The minimum absolute atomic E-state index is 0.126. The molecule has 140 valence electrons. The number of amides is 1. The fourth-order valence-electron chi connectivity index (χ4n) is 3.41. The molecular weight excluding hydrogens is 362 g/mol. The van der Waals surface area contributed by atoms with Crippen molar-refractivity contribution in [2.24, 2.45) is 0 Å². The average molecular weight is 384 g/mol. The molecule has 3 aromatic rings. The highest BCUT2D eigenvalue weighted by Gasteiger charge is 2.19. The van der Waals surface area contributed by atoms with E-state index in [-0.39, 0.29) is 11.9 Å². The first-order chi connectivity index (χ1) is 13.1. The van der Waals surface area contributed by atoms with E-state index in [0.717, 1.165) is 42.8 Å². The first kappa shape index (κ1) is 17.9. The maximum atomic E-state index is 12.7. The van der Waals surface area contributed by atoms with E-state index in [1.807, 2.05) is 31.2 Å². The topological polar surface area (TPSA) is 57.4 Å². The number of fused-ring (bicyclic) bond motifs is 1. The van der Waals surface area contributed by atoms with Crippen molar-refractivity contribution in [3.05, 3.63) is 64.8 Å². The van der Waals surface area contributed by atoms with Gasteiger partial charge in [-0.05, 0) is 30.7 Å². The van der Waals surface area contributed by atoms with Crippen molar-refractivity contribution in [1.29, 1.82) is 0 Å². The Labute approximate surface area is 163 Å². The maximum absolute atomic E-state index is 12.7. The lowest BCUT2D eigenvalue weighted by Crippen LogP contribution is -2.36. The Hall–Kier alpha value is -2.50. The van der Waals surface area contributed by atoms with Crippen molar-refractivity contribution in [2.45, 2.75) is 13.0 Å². The smallest absolute Gasteiger partial charge is 0.269 e. The summed E-state index contributed by atoms with van der Waals surface area (Å²) in [5, 5.41) is 4.34. The second kappa shape index (κ2) is 7.62. The van der Waals surface area contributed by atoms with Gasteiger partial charge in [0, 0.05) is 29.7 Å². The summed E-state index contributed by atoms with van der Waals surface area (Å²) in [6.45, 7) is 5.31. The summed E-state index contributed by atoms with van der Waals surface area (Å²) in [6.07, 6.45) is 0. The van der Waals surface area contributed by atoms with Gasteiger partial charge in [0.1, 0.15) is 5.69 Å². The van der Waals surface area contributed by atoms with E-state index in [0.29, 0.717) is 10.7 Å². The summed E-state index contributed by atoms with van der Waals surface area (Å²) in [4.78, 5) is 18.1. The molecule has 27 heavy (non-hydrogen) atoms. The molecule has 1 unspecified atom stereocenters. The Morgan fingerprint density at radius 1 is 1.15 bits per heavy atom.